The Balaban J connectivity index is 0.00000227. The molecule has 0 aliphatic carbocycles. The molecule has 23 nitrogen and oxygen atoms in total. The summed E-state index contributed by atoms with van der Waals surface area (Å²) in [5, 5.41) is 4.73. The van der Waals surface area contributed by atoms with Gasteiger partial charge in [0.05, 0.1) is 47.1 Å². The highest BCUT2D eigenvalue weighted by Crippen LogP contribution is 2.37. The molecule has 4 N–H and O–H groups in total. The van der Waals surface area contributed by atoms with E-state index in [1.54, 1.807) is 9.80 Å². The van der Waals surface area contributed by atoms with E-state index in [0.29, 0.717) is 0 Å². The van der Waals surface area contributed by atoms with Crippen LogP contribution in [0.3, 0.4) is 0 Å². The van der Waals surface area contributed by atoms with Crippen LogP contribution >= 0.6 is 7.82 Å². The number of amides is 2. The minimum Gasteiger partial charge on any atom is -0.790 e. The summed E-state index contributed by atoms with van der Waals surface area (Å²) in [6.45, 7) is 26.7. The fourth-order valence-electron chi connectivity index (χ4n) is 6.40. The minimum absolute atomic E-state index is 0.635. The van der Waals surface area contributed by atoms with Crippen LogP contribution in [0.4, 0.5) is 0 Å². The first kappa shape index (κ1) is 58.2. The van der Waals surface area contributed by atoms with Gasteiger partial charge in [-0.25, -0.2) is 0 Å². The van der Waals surface area contributed by atoms with Crippen LogP contribution < -0.4 is 30.2 Å². The molecule has 62 heavy (non-hydrogen) atoms. The lowest BCUT2D eigenvalue weighted by Gasteiger charge is -2.50. The molecule has 0 radical (unpaired) electrons. The quantitative estimate of drug-likeness (QED) is 0.0554. The fraction of sp³-hybridized carbons (Fsp3) is 0.816. The Morgan fingerprint density at radius 1 is 0.516 bits per heavy atom. The summed E-state index contributed by atoms with van der Waals surface area (Å²) in [5.74, 6) is -6.09. The van der Waals surface area contributed by atoms with Gasteiger partial charge in [-0.1, -0.05) is 0 Å². The molecule has 2 fully saturated rings. The number of carbonyl (C=O) groups excluding carboxylic acids is 7. The molecule has 2 amide bonds. The molecule has 0 aromatic rings. The first-order chi connectivity index (χ1) is 28.9. The average Bonchev–Trinajstić information content (AvgIpc) is 3.15. The molecule has 0 aromatic carbocycles. The largest absolute Gasteiger partial charge is 0.790 e. The van der Waals surface area contributed by atoms with E-state index in [0.717, 1.165) is 48.5 Å². The molecule has 10 atom stereocenters. The Hall–Kier alpha value is -3.80. The molecular formula is C38H69N4O19P. The summed E-state index contributed by atoms with van der Waals surface area (Å²) in [6, 6.07) is -3.40. The summed E-state index contributed by atoms with van der Waals surface area (Å²) < 4.78 is 60.1. The highest BCUT2D eigenvalue weighted by Gasteiger charge is 2.56. The third kappa shape index (κ3) is 22.5. The first-order valence-electron chi connectivity index (χ1n) is 20.5. The van der Waals surface area contributed by atoms with Crippen LogP contribution in [0.25, 0.3) is 0 Å². The third-order valence-corrected chi connectivity index (χ3v) is 9.83. The number of nitrogens with one attached hydrogen (secondary N) is 4. The molecule has 2 heterocycles. The monoisotopic (exact) mass is 916 g/mol. The van der Waals surface area contributed by atoms with Crippen molar-refractivity contribution in [3.8, 4) is 0 Å². The van der Waals surface area contributed by atoms with Gasteiger partial charge in [0.15, 0.2) is 30.9 Å². The van der Waals surface area contributed by atoms with Crippen LogP contribution in [0.5, 0.6) is 0 Å². The maximum absolute atomic E-state index is 12.4. The van der Waals surface area contributed by atoms with Crippen molar-refractivity contribution in [1.82, 2.24) is 10.6 Å². The molecule has 0 spiro atoms. The number of ether oxygens (including phenoxy) is 8. The van der Waals surface area contributed by atoms with E-state index in [-0.39, 0.29) is 0 Å². The lowest BCUT2D eigenvalue weighted by atomic mass is 9.94. The number of quaternary nitrogens is 2. The van der Waals surface area contributed by atoms with Crippen LogP contribution in [-0.2, 0) is 80.5 Å². The van der Waals surface area contributed by atoms with Gasteiger partial charge in [-0.2, -0.15) is 0 Å². The Morgan fingerprint density at radius 2 is 0.839 bits per heavy atom. The van der Waals surface area contributed by atoms with Gasteiger partial charge < -0.3 is 77.2 Å². The van der Waals surface area contributed by atoms with Crippen molar-refractivity contribution in [2.45, 2.75) is 151 Å². The Labute approximate surface area is 363 Å². The summed E-state index contributed by atoms with van der Waals surface area (Å²) in [6.07, 6.45) is -13.8. The summed E-state index contributed by atoms with van der Waals surface area (Å²) >= 11 is 0. The van der Waals surface area contributed by atoms with Crippen LogP contribution in [-0.4, -0.2) is 155 Å². The first-order valence-corrected chi connectivity index (χ1v) is 22.0. The maximum atomic E-state index is 12.4. The Morgan fingerprint density at radius 3 is 1.13 bits per heavy atom. The van der Waals surface area contributed by atoms with E-state index in [1.807, 2.05) is 0 Å². The predicted molar refractivity (Wildman–Crippen MR) is 211 cm³/mol. The molecule has 0 unspecified atom stereocenters. The smallest absolute Gasteiger partial charge is 0.303 e. The molecule has 2 rings (SSSR count). The van der Waals surface area contributed by atoms with E-state index in [9.17, 15) is 47.9 Å². The molecule has 0 bridgehead atoms. The number of phosphoric ester groups is 1. The van der Waals surface area contributed by atoms with Crippen LogP contribution in [0.1, 0.15) is 90.0 Å². The molecule has 2 saturated heterocycles. The van der Waals surface area contributed by atoms with Gasteiger partial charge in [0.25, 0.3) is 0 Å². The zero-order valence-corrected chi connectivity index (χ0v) is 39.0. The molecule has 0 saturated carbocycles. The third-order valence-electron chi connectivity index (χ3n) is 9.36. The van der Waals surface area contributed by atoms with Crippen molar-refractivity contribution >= 4 is 49.5 Å². The van der Waals surface area contributed by atoms with E-state index < -0.39 is 124 Å². The Bertz CT molecular complexity index is 1450. The molecule has 2 aliphatic rings. The van der Waals surface area contributed by atoms with Crippen molar-refractivity contribution in [1.29, 1.82) is 0 Å². The number of hydrogen-bond acceptors (Lipinski definition) is 19. The van der Waals surface area contributed by atoms with Gasteiger partial charge in [-0.3, -0.25) is 33.6 Å². The number of esters is 5. The van der Waals surface area contributed by atoms with Gasteiger partial charge in [-0.15, -0.1) is 0 Å². The Kier molecular flexibility index (Phi) is 27.7. The zero-order chi connectivity index (χ0) is 47.9. The molecule has 0 aromatic heterocycles. The minimum atomic E-state index is -5.89. The molecule has 2 aliphatic heterocycles. The molecule has 24 heteroatoms. The molecule has 360 valence electrons. The lowest BCUT2D eigenvalue weighted by molar-refractivity contribution is -0.894. The molecular weight excluding hydrogens is 847 g/mol. The zero-order valence-electron chi connectivity index (χ0n) is 38.1. The van der Waals surface area contributed by atoms with Crippen LogP contribution in [0.15, 0.2) is 0 Å². The fourth-order valence-corrected chi connectivity index (χ4v) is 6.84. The summed E-state index contributed by atoms with van der Waals surface area (Å²) in [5.41, 5.74) is 0. The van der Waals surface area contributed by atoms with E-state index in [2.05, 4.69) is 56.7 Å². The number of phosphoric acid groups is 1. The van der Waals surface area contributed by atoms with Crippen LogP contribution in [0, 0.1) is 0 Å². The summed E-state index contributed by atoms with van der Waals surface area (Å²) in [7, 11) is -5.89. The van der Waals surface area contributed by atoms with Gasteiger partial charge >= 0.3 is 29.8 Å². The van der Waals surface area contributed by atoms with Crippen molar-refractivity contribution in [3.63, 3.8) is 0 Å². The van der Waals surface area contributed by atoms with Crippen molar-refractivity contribution in [2.75, 3.05) is 52.5 Å². The average molecular weight is 917 g/mol. The van der Waals surface area contributed by atoms with Gasteiger partial charge in [-0.05, 0) is 41.5 Å². The van der Waals surface area contributed by atoms with Crippen molar-refractivity contribution in [2.24, 2.45) is 0 Å². The number of rotatable bonds is 19. The SMILES string of the molecule is CC(=O)N[C@H]1[C@H](O[C@@H]2[C@@H](NC(C)=O)[C@@H](OP(=O)([O-])[O-])O[C@H](COC(C)=O)[C@H]2OC(C)=O)O[C@H](COC(C)=O)[C@@H](OC(C)=O)[C@@H]1OC(C)=O.CC[NH+](CC)CC.CC[NH+](CC)CC. The maximum Gasteiger partial charge on any atom is 0.303 e. The lowest BCUT2D eigenvalue weighted by Crippen LogP contribution is -3.11. The normalized spacial score (nSPS) is 25.7. The van der Waals surface area contributed by atoms with E-state index >= 15 is 0 Å². The number of hydrogen-bond donors (Lipinski definition) is 4. The van der Waals surface area contributed by atoms with Gasteiger partial charge in [0.1, 0.15) is 43.6 Å². The van der Waals surface area contributed by atoms with E-state index in [4.69, 9.17) is 37.9 Å². The second-order valence-electron chi connectivity index (χ2n) is 14.1. The standard InChI is InChI=1S/C26H39N2O19P.2C6H15N/c1-10(29)27-19-23(43-16(7)35)21(41-14(5)33)17(8-39-12(3)31)44-25(19)46-24-20(28-11(2)30)26(47-48(36,37)38)45-18(9-40-13(4)32)22(24)42-15(6)34;2*1-4-7(5-2)6-3/h17-26H,8-9H2,1-7H3,(H,27,29)(H,28,30)(H2,36,37,38);2*4-6H2,1-3H3/t17-,18-,19-,20-,21-,22-,23-,24-,25+,26-;;/m1../s1. The second kappa shape index (κ2) is 29.5. The second-order valence-corrected chi connectivity index (χ2v) is 15.2. The number of carbonyl (C=O) groups is 7. The van der Waals surface area contributed by atoms with Crippen LogP contribution in [0.2, 0.25) is 0 Å². The predicted octanol–water partition coefficient (Wildman–Crippen LogP) is -3.54. The van der Waals surface area contributed by atoms with Crippen molar-refractivity contribution in [3.05, 3.63) is 0 Å². The topological polar surface area (TPSA) is 299 Å². The highest BCUT2D eigenvalue weighted by molar-refractivity contribution is 7.43. The van der Waals surface area contributed by atoms with Gasteiger partial charge in [0, 0.05) is 48.5 Å². The highest BCUT2D eigenvalue weighted by atomic mass is 31.2. The summed E-state index contributed by atoms with van der Waals surface area (Å²) in [4.78, 5) is 111. The van der Waals surface area contributed by atoms with E-state index in [1.165, 1.54) is 39.3 Å². The van der Waals surface area contributed by atoms with Crippen molar-refractivity contribution < 1.29 is 100 Å². The van der Waals surface area contributed by atoms with Gasteiger partial charge in [0.2, 0.25) is 11.8 Å².